The quantitative estimate of drug-likeness (QED) is 0.498. The molecule has 0 saturated heterocycles. The van der Waals surface area contributed by atoms with Crippen LogP contribution in [-0.4, -0.2) is 11.6 Å². The fourth-order valence-electron chi connectivity index (χ4n) is 5.29. The first kappa shape index (κ1) is 24.3. The van der Waals surface area contributed by atoms with Gasteiger partial charge in [0.25, 0.3) is 0 Å². The van der Waals surface area contributed by atoms with Gasteiger partial charge < -0.3 is 0 Å². The van der Waals surface area contributed by atoms with E-state index in [1.807, 2.05) is 0 Å². The molecule has 1 aromatic heterocycles. The summed E-state index contributed by atoms with van der Waals surface area (Å²) in [4.78, 5) is 3.75. The van der Waals surface area contributed by atoms with Crippen molar-refractivity contribution in [2.75, 3.05) is 0 Å². The van der Waals surface area contributed by atoms with Gasteiger partial charge in [0.2, 0.25) is 0 Å². The van der Waals surface area contributed by atoms with E-state index in [1.165, 1.54) is 4.00 Å². The van der Waals surface area contributed by atoms with Crippen LogP contribution in [0.4, 0.5) is 0 Å². The van der Waals surface area contributed by atoms with Gasteiger partial charge in [-0.2, -0.15) is 0 Å². The van der Waals surface area contributed by atoms with E-state index in [1.54, 1.807) is 3.88 Å². The van der Waals surface area contributed by atoms with Gasteiger partial charge in [-0.3, -0.25) is 0 Å². The average Bonchev–Trinajstić information content (AvgIpc) is 3.03. The number of halogens is 2. The maximum Gasteiger partial charge on any atom is -0.147 e. The van der Waals surface area contributed by atoms with Crippen molar-refractivity contribution in [1.82, 2.24) is 4.98 Å². The van der Waals surface area contributed by atoms with Gasteiger partial charge in [-0.05, 0) is 0 Å². The number of nitrogens with one attached hydrogen (secondary N) is 1. The number of rotatable bonds is 3. The van der Waals surface area contributed by atoms with Crippen molar-refractivity contribution < 1.29 is 10.7 Å². The fourth-order valence-corrected chi connectivity index (χ4v) is 34.4. The van der Waals surface area contributed by atoms with Gasteiger partial charge in [-0.25, -0.2) is 0 Å². The number of aromatic nitrogens is 1. The SMILES string of the molecule is C[SiH](C)[Ti]([CH3])([CH3])([CH3])([CH3])([C]1=CC=CC1)([c]1ccc[nH]1)[C](C)(C)C.Cl.Cl. The summed E-state index contributed by atoms with van der Waals surface area (Å²) in [6.45, 7) is 11.5. The summed E-state index contributed by atoms with van der Waals surface area (Å²) < 4.78 is 3.37. The zero-order valence-electron chi connectivity index (χ0n) is 17.1. The Hall–Kier alpha value is 0.271. The Morgan fingerprint density at radius 2 is 1.58 bits per heavy atom. The summed E-state index contributed by atoms with van der Waals surface area (Å²) in [5.41, 5.74) is 0. The largest absolute Gasteiger partial charge is 0.147 e. The molecule has 1 aliphatic rings. The maximum absolute atomic E-state index is 4.78. The summed E-state index contributed by atoms with van der Waals surface area (Å²) in [6, 6.07) is 4.58. The summed E-state index contributed by atoms with van der Waals surface area (Å²) >= 11 is 0. The van der Waals surface area contributed by atoms with Gasteiger partial charge in [0.1, 0.15) is 0 Å². The Labute approximate surface area is 155 Å². The predicted molar refractivity (Wildman–Crippen MR) is 119 cm³/mol. The first-order chi connectivity index (χ1) is 9.49. The summed E-state index contributed by atoms with van der Waals surface area (Å²) in [5.74, 6) is 0. The predicted octanol–water partition coefficient (Wildman–Crippen LogP) is 7.02. The third-order valence-corrected chi connectivity index (χ3v) is 78.9. The van der Waals surface area contributed by atoms with E-state index in [0.29, 0.717) is 0 Å². The molecule has 0 bridgehead atoms. The monoisotopic (exact) mass is 427 g/mol. The van der Waals surface area contributed by atoms with Gasteiger partial charge in [0, 0.05) is 0 Å². The Bertz CT molecular complexity index is 747. The van der Waals surface area contributed by atoms with Gasteiger partial charge >= 0.3 is 132 Å². The molecule has 0 fully saturated rings. The van der Waals surface area contributed by atoms with Crippen LogP contribution >= 0.6 is 24.8 Å². The molecule has 1 aromatic rings. The van der Waals surface area contributed by atoms with Crippen LogP contribution in [0.3, 0.4) is 0 Å². The molecule has 0 aliphatic heterocycles. The van der Waals surface area contributed by atoms with Crippen LogP contribution in [0, 0.1) is 0 Å². The molecule has 0 amide bonds. The van der Waals surface area contributed by atoms with E-state index in [4.69, 9.17) is 0 Å². The molecule has 5 heteroatoms. The molecule has 1 heterocycles. The van der Waals surface area contributed by atoms with Gasteiger partial charge in [0.05, 0.1) is 0 Å². The minimum Gasteiger partial charge on any atom is -0.147 e. The number of H-pyrrole nitrogens is 1. The maximum atomic E-state index is 3.75. The Kier molecular flexibility index (Phi) is 4.44. The molecular weight excluding hydrogens is 389 g/mol. The molecule has 1 aliphatic carbocycles. The zero-order valence-corrected chi connectivity index (χ0v) is 21.4. The van der Waals surface area contributed by atoms with Crippen molar-refractivity contribution in [2.24, 2.45) is 0 Å². The molecule has 0 unspecified atom stereocenters. The summed E-state index contributed by atoms with van der Waals surface area (Å²) in [6.07, 6.45) is 10.3. The number of allylic oxidation sites excluding steroid dienone is 4. The van der Waals surface area contributed by atoms with Crippen LogP contribution in [0.25, 0.3) is 0 Å². The fraction of sp³-hybridized carbons (Fsp3) is 0.579. The molecule has 0 atom stereocenters. The van der Waals surface area contributed by atoms with Gasteiger partial charge in [-0.1, -0.05) is 0 Å². The molecule has 0 radical (unpaired) electrons. The third kappa shape index (κ3) is 1.69. The van der Waals surface area contributed by atoms with Crippen molar-refractivity contribution in [2.45, 2.75) is 64.9 Å². The Morgan fingerprint density at radius 3 is 1.88 bits per heavy atom. The smallest absolute Gasteiger partial charge is 0.147 e. The minimum absolute atomic E-state index is 0. The molecule has 142 valence electrons. The molecule has 2 rings (SSSR count). The Balaban J connectivity index is 0.00000264. The molecule has 24 heavy (non-hydrogen) atoms. The average molecular weight is 428 g/mol. The molecular formula is C19H39Cl2NSiTi. The first-order valence-electron chi connectivity index (χ1n) is 8.90. The third-order valence-electron chi connectivity index (χ3n) is 12.0. The van der Waals surface area contributed by atoms with Crippen LogP contribution in [-0.2, 0) is 10.7 Å². The van der Waals surface area contributed by atoms with E-state index in [0.717, 1.165) is 6.42 Å². The van der Waals surface area contributed by atoms with Crippen molar-refractivity contribution in [3.8, 4) is 0 Å². The van der Waals surface area contributed by atoms with E-state index in [9.17, 15) is 0 Å². The number of hydrogen-bond acceptors (Lipinski definition) is 0. The molecule has 1 N–H and O–H groups in total. The number of aromatic amines is 1. The zero-order chi connectivity index (χ0) is 17.2. The standard InChI is InChI=1S/C5H5.C4H4N.C4H9.C2H7Si.4CH3.2ClH.Ti/c2*1-2-4-5-3-1;1-4(2)3;1-3-2;;;;;;;/h1-3H,4H2;1-3,5H;1-3H3;3H,1-2H3;4*1H3;2*1H;. The normalized spacial score (nSPS) is 21.5. The molecule has 1 nitrogen and oxygen atoms in total. The van der Waals surface area contributed by atoms with Crippen molar-refractivity contribution in [3.05, 3.63) is 40.4 Å². The minimum atomic E-state index is -4.78. The van der Waals surface area contributed by atoms with Crippen LogP contribution in [0.2, 0.25) is 37.7 Å². The van der Waals surface area contributed by atoms with E-state index in [-0.39, 0.29) is 28.5 Å². The second-order valence-electron chi connectivity index (χ2n) is 13.8. The number of hydrogen-bond donors (Lipinski definition) is 1. The second kappa shape index (κ2) is 4.39. The summed E-state index contributed by atoms with van der Waals surface area (Å²) in [7, 11) is -4.78. The summed E-state index contributed by atoms with van der Waals surface area (Å²) in [5, 5.41) is 10.9. The topological polar surface area (TPSA) is 15.8 Å². The van der Waals surface area contributed by atoms with Gasteiger partial charge in [-0.15, -0.1) is 24.8 Å². The van der Waals surface area contributed by atoms with E-state index < -0.39 is 17.4 Å². The van der Waals surface area contributed by atoms with Crippen LogP contribution in [0.5, 0.6) is 0 Å². The van der Waals surface area contributed by atoms with E-state index >= 15 is 0 Å². The molecule has 0 spiro atoms. The van der Waals surface area contributed by atoms with Gasteiger partial charge in [0.15, 0.2) is 0 Å². The molecule has 0 saturated carbocycles. The second-order valence-corrected chi connectivity index (χ2v) is 63.6. The van der Waals surface area contributed by atoms with Crippen LogP contribution in [0.1, 0.15) is 27.2 Å². The molecule has 0 aromatic carbocycles. The first-order valence-corrected chi connectivity index (χ1v) is 23.1. The van der Waals surface area contributed by atoms with Crippen molar-refractivity contribution in [1.29, 1.82) is 0 Å². The van der Waals surface area contributed by atoms with Crippen molar-refractivity contribution >= 4 is 35.5 Å². The Morgan fingerprint density at radius 1 is 1.04 bits per heavy atom. The van der Waals surface area contributed by atoms with Crippen molar-refractivity contribution in [3.63, 3.8) is 0 Å². The van der Waals surface area contributed by atoms with Crippen LogP contribution in [0.15, 0.2) is 40.4 Å². The van der Waals surface area contributed by atoms with E-state index in [2.05, 4.69) is 96.3 Å². The van der Waals surface area contributed by atoms with Crippen LogP contribution < -0.4 is 4.00 Å².